The number of hydrogen-bond acceptors (Lipinski definition) is 11. The second-order valence-electron chi connectivity index (χ2n) is 5.82. The van der Waals surface area contributed by atoms with Crippen molar-refractivity contribution in [3.8, 4) is 0 Å². The van der Waals surface area contributed by atoms with Crippen LogP contribution in [0.2, 0.25) is 0 Å². The molecule has 0 aliphatic carbocycles. The maximum Gasteiger partial charge on any atom is 0.320 e. The Morgan fingerprint density at radius 1 is 1.38 bits per heavy atom. The van der Waals surface area contributed by atoms with Crippen LogP contribution in [0, 0.1) is 0 Å². The number of rotatable bonds is 7. The zero-order valence-corrected chi connectivity index (χ0v) is 14.4. The first-order valence-corrected chi connectivity index (χ1v) is 8.94. The number of carbonyl (C=O) groups is 1. The number of fused-ring (bicyclic) bond motifs is 1. The second-order valence-corrected chi connectivity index (χ2v) is 6.97. The van der Waals surface area contributed by atoms with Gasteiger partial charge in [0.25, 0.3) is 0 Å². The van der Waals surface area contributed by atoms with Crippen LogP contribution in [0.4, 0.5) is 5.82 Å². The number of nitrogen functional groups attached to an aromatic ring is 1. The van der Waals surface area contributed by atoms with Gasteiger partial charge < -0.3 is 31.5 Å². The minimum atomic E-state index is -1.23. The van der Waals surface area contributed by atoms with Gasteiger partial charge in [-0.15, -0.1) is 5.10 Å². The summed E-state index contributed by atoms with van der Waals surface area (Å²) in [5, 5.41) is 37.0. The summed E-state index contributed by atoms with van der Waals surface area (Å²) >= 11 is 1.38. The van der Waals surface area contributed by atoms with Gasteiger partial charge in [-0.05, 0) is 12.2 Å². The monoisotopic (exact) mass is 385 g/mol. The van der Waals surface area contributed by atoms with Crippen LogP contribution in [-0.2, 0) is 9.53 Å². The Morgan fingerprint density at radius 2 is 2.15 bits per heavy atom. The maximum atomic E-state index is 10.7. The first kappa shape index (κ1) is 18.7. The molecule has 3 heterocycles. The van der Waals surface area contributed by atoms with Gasteiger partial charge in [-0.25, -0.2) is 9.97 Å². The molecule has 3 rings (SSSR count). The molecule has 1 aliphatic heterocycles. The molecule has 142 valence electrons. The van der Waals surface area contributed by atoms with Crippen molar-refractivity contribution in [2.45, 2.75) is 37.0 Å². The number of nitrogens with two attached hydrogens (primary N) is 2. The summed E-state index contributed by atoms with van der Waals surface area (Å²) < 4.78 is 6.98. The molecule has 1 saturated heterocycles. The molecule has 5 atom stereocenters. The van der Waals surface area contributed by atoms with Crippen LogP contribution < -0.4 is 11.5 Å². The zero-order valence-electron chi connectivity index (χ0n) is 13.5. The Morgan fingerprint density at radius 3 is 2.88 bits per heavy atom. The Bertz CT molecular complexity index is 789. The smallest absolute Gasteiger partial charge is 0.320 e. The number of thioether (sulfide) groups is 1. The zero-order chi connectivity index (χ0) is 18.8. The van der Waals surface area contributed by atoms with E-state index < -0.39 is 36.6 Å². The topological polar surface area (TPSA) is 196 Å². The summed E-state index contributed by atoms with van der Waals surface area (Å²) in [4.78, 5) is 18.5. The van der Waals surface area contributed by atoms with E-state index in [0.717, 1.165) is 0 Å². The standard InChI is InChI=1S/C13H19N7O5S/c14-5(13(23)24)1-2-26-3-6-8(21)9(22)12(25-6)20-11-7(18-19-20)10(15)16-4-17-11/h4-6,8-9,12,21-22H,1-3,14H2,(H,23,24)(H2,15,16,17)/t5?,6-,8-,9-,12-/m1/s1. The predicted molar refractivity (Wildman–Crippen MR) is 91.0 cm³/mol. The lowest BCUT2D eigenvalue weighted by Gasteiger charge is -2.14. The summed E-state index contributed by atoms with van der Waals surface area (Å²) in [6.45, 7) is 0. The number of carboxylic acid groups (broad SMARTS) is 1. The lowest BCUT2D eigenvalue weighted by molar-refractivity contribution is -0.138. The molecule has 0 radical (unpaired) electrons. The molecule has 2 aromatic heterocycles. The molecule has 0 spiro atoms. The van der Waals surface area contributed by atoms with Gasteiger partial charge in [-0.2, -0.15) is 16.4 Å². The summed E-state index contributed by atoms with van der Waals surface area (Å²) in [5.41, 5.74) is 11.7. The van der Waals surface area contributed by atoms with Crippen LogP contribution >= 0.6 is 11.8 Å². The number of ether oxygens (including phenoxy) is 1. The van der Waals surface area contributed by atoms with E-state index in [1.165, 1.54) is 22.8 Å². The third-order valence-electron chi connectivity index (χ3n) is 4.04. The molecular formula is C13H19N7O5S. The molecular weight excluding hydrogens is 366 g/mol. The molecule has 0 aromatic carbocycles. The van der Waals surface area contributed by atoms with E-state index in [9.17, 15) is 15.0 Å². The van der Waals surface area contributed by atoms with Crippen molar-refractivity contribution in [3.63, 3.8) is 0 Å². The van der Waals surface area contributed by atoms with Crippen LogP contribution in [0.1, 0.15) is 12.6 Å². The minimum absolute atomic E-state index is 0.149. The Labute approximate surface area is 151 Å². The number of carboxylic acids is 1. The fraction of sp³-hybridized carbons (Fsp3) is 0.615. The first-order chi connectivity index (χ1) is 12.4. The van der Waals surface area contributed by atoms with Crippen LogP contribution in [0.25, 0.3) is 11.2 Å². The third kappa shape index (κ3) is 3.57. The largest absolute Gasteiger partial charge is 0.480 e. The van der Waals surface area contributed by atoms with Crippen LogP contribution in [0.15, 0.2) is 6.33 Å². The summed E-state index contributed by atoms with van der Waals surface area (Å²) in [7, 11) is 0. The molecule has 26 heavy (non-hydrogen) atoms. The van der Waals surface area contributed by atoms with E-state index in [2.05, 4.69) is 20.3 Å². The minimum Gasteiger partial charge on any atom is -0.480 e. The second kappa shape index (κ2) is 7.67. The van der Waals surface area contributed by atoms with Crippen molar-refractivity contribution in [3.05, 3.63) is 6.33 Å². The van der Waals surface area contributed by atoms with Crippen LogP contribution in [-0.4, -0.2) is 82.1 Å². The maximum absolute atomic E-state index is 10.7. The summed E-state index contributed by atoms with van der Waals surface area (Å²) in [5.74, 6) is -0.0736. The van der Waals surface area contributed by atoms with Crippen molar-refractivity contribution < 1.29 is 24.9 Å². The number of aromatic nitrogens is 5. The molecule has 0 bridgehead atoms. The van der Waals surface area contributed by atoms with Gasteiger partial charge >= 0.3 is 5.97 Å². The predicted octanol–water partition coefficient (Wildman–Crippen LogP) is -2.04. The Hall–Kier alpha value is -2.06. The lowest BCUT2D eigenvalue weighted by atomic mass is 10.1. The average Bonchev–Trinajstić information content (AvgIpc) is 3.15. The molecule has 1 unspecified atom stereocenters. The van der Waals surface area contributed by atoms with Crippen molar-refractivity contribution >= 4 is 34.7 Å². The van der Waals surface area contributed by atoms with Gasteiger partial charge in [0.2, 0.25) is 0 Å². The molecule has 0 saturated carbocycles. The molecule has 12 nitrogen and oxygen atoms in total. The number of aliphatic hydroxyl groups excluding tert-OH is 2. The highest BCUT2D eigenvalue weighted by Crippen LogP contribution is 2.32. The Kier molecular flexibility index (Phi) is 5.52. The molecule has 0 amide bonds. The van der Waals surface area contributed by atoms with E-state index >= 15 is 0 Å². The van der Waals surface area contributed by atoms with E-state index in [1.54, 1.807) is 0 Å². The van der Waals surface area contributed by atoms with Crippen molar-refractivity contribution in [2.24, 2.45) is 5.73 Å². The fourth-order valence-corrected chi connectivity index (χ4v) is 3.65. The highest BCUT2D eigenvalue weighted by Gasteiger charge is 2.44. The summed E-state index contributed by atoms with van der Waals surface area (Å²) in [6, 6.07) is -0.929. The van der Waals surface area contributed by atoms with Crippen LogP contribution in [0.3, 0.4) is 0 Å². The third-order valence-corrected chi connectivity index (χ3v) is 5.13. The SMILES string of the molecule is Nc1ncnc2c1nnn2[C@@H]1O[C@H](CSCCC(N)C(=O)O)[C@@H](O)[C@H]1O. The Balaban J connectivity index is 1.64. The summed E-state index contributed by atoms with van der Waals surface area (Å²) in [6.07, 6.45) is -2.48. The molecule has 13 heteroatoms. The van der Waals surface area contributed by atoms with Crippen molar-refractivity contribution in [1.29, 1.82) is 0 Å². The molecule has 1 aliphatic rings. The van der Waals surface area contributed by atoms with Crippen molar-refractivity contribution in [1.82, 2.24) is 25.0 Å². The molecule has 7 N–H and O–H groups in total. The number of anilines is 1. The van der Waals surface area contributed by atoms with Gasteiger partial charge in [-0.3, -0.25) is 4.79 Å². The fourth-order valence-electron chi connectivity index (χ4n) is 2.56. The van der Waals surface area contributed by atoms with Crippen molar-refractivity contribution in [2.75, 3.05) is 17.2 Å². The van der Waals surface area contributed by atoms with Gasteiger partial charge in [-0.1, -0.05) is 5.21 Å². The van der Waals surface area contributed by atoms with E-state index in [4.69, 9.17) is 21.3 Å². The molecule has 1 fully saturated rings. The van der Waals surface area contributed by atoms with Gasteiger partial charge in [0, 0.05) is 5.75 Å². The number of aliphatic carboxylic acids is 1. The van der Waals surface area contributed by atoms with Gasteiger partial charge in [0.05, 0.1) is 6.10 Å². The number of nitrogens with zero attached hydrogens (tertiary/aromatic N) is 5. The normalized spacial score (nSPS) is 27.0. The number of hydrogen-bond donors (Lipinski definition) is 5. The van der Waals surface area contributed by atoms with E-state index in [-0.39, 0.29) is 17.0 Å². The number of aliphatic hydroxyl groups is 2. The quantitative estimate of drug-likeness (QED) is 0.328. The highest BCUT2D eigenvalue weighted by molar-refractivity contribution is 7.99. The van der Waals surface area contributed by atoms with E-state index in [1.807, 2.05) is 0 Å². The highest BCUT2D eigenvalue weighted by atomic mass is 32.2. The van der Waals surface area contributed by atoms with Gasteiger partial charge in [0.1, 0.15) is 24.6 Å². The first-order valence-electron chi connectivity index (χ1n) is 7.79. The van der Waals surface area contributed by atoms with Crippen LogP contribution in [0.5, 0.6) is 0 Å². The van der Waals surface area contributed by atoms with Gasteiger partial charge in [0.15, 0.2) is 23.2 Å². The lowest BCUT2D eigenvalue weighted by Crippen LogP contribution is -2.33. The molecule has 2 aromatic rings. The van der Waals surface area contributed by atoms with E-state index in [0.29, 0.717) is 17.9 Å². The average molecular weight is 385 g/mol.